The number of pyridine rings is 1. The molecule has 3 heterocycles. The van der Waals surface area contributed by atoms with E-state index in [2.05, 4.69) is 14.7 Å². The van der Waals surface area contributed by atoms with Gasteiger partial charge >= 0.3 is 7.82 Å². The molecule has 10 nitrogen and oxygen atoms in total. The maximum absolute atomic E-state index is 13.8. The number of aromatic nitrogens is 2. The highest BCUT2D eigenvalue weighted by Crippen LogP contribution is 2.37. The molecule has 4 N–H and O–H groups in total. The molecule has 1 aromatic carbocycles. The molecule has 1 aliphatic heterocycles. The zero-order chi connectivity index (χ0) is 24.8. The van der Waals surface area contributed by atoms with E-state index in [0.717, 1.165) is 0 Å². The highest BCUT2D eigenvalue weighted by atomic mass is 127. The van der Waals surface area contributed by atoms with E-state index in [1.807, 2.05) is 6.07 Å². The standard InChI is InChI=1S/C22H21FIN4O6P/c23-19-8-2-1-5-15(19)13-32-21-9-3-6-16(26-21)11-17-12-20(34-27-17)18-7-4-10-28(24-22(18)25)14-33-35(29,30)31/h1-10,12H,11,13-14,25H2,(H2,29,30,31). The van der Waals surface area contributed by atoms with Crippen molar-refractivity contribution < 1.29 is 32.5 Å². The number of nitrogens with zero attached hydrogens (tertiary/aromatic N) is 3. The van der Waals surface area contributed by atoms with Crippen molar-refractivity contribution in [3.63, 3.8) is 0 Å². The van der Waals surface area contributed by atoms with Crippen molar-refractivity contribution in [1.29, 1.82) is 0 Å². The van der Waals surface area contributed by atoms with E-state index in [0.29, 0.717) is 44.2 Å². The monoisotopic (exact) mass is 614 g/mol. The van der Waals surface area contributed by atoms with E-state index in [1.54, 1.807) is 57.9 Å². The number of allylic oxidation sites excluding steroid dienone is 2. The van der Waals surface area contributed by atoms with Crippen LogP contribution in [-0.4, -0.2) is 33.4 Å². The fourth-order valence-electron chi connectivity index (χ4n) is 3.01. The molecule has 0 atom stereocenters. The molecule has 0 saturated heterocycles. The lowest BCUT2D eigenvalue weighted by atomic mass is 10.1. The van der Waals surface area contributed by atoms with Gasteiger partial charge in [-0.15, -0.1) is 0 Å². The lowest BCUT2D eigenvalue weighted by Crippen LogP contribution is -2.15. The molecule has 0 aliphatic carbocycles. The molecule has 0 spiro atoms. The molecule has 2 aromatic heterocycles. The van der Waals surface area contributed by atoms with Crippen molar-refractivity contribution in [1.82, 2.24) is 13.3 Å². The second kappa shape index (κ2) is 11.3. The van der Waals surface area contributed by atoms with Crippen LogP contribution in [-0.2, 0) is 22.1 Å². The third-order valence-corrected chi connectivity index (χ3v) is 7.39. The first kappa shape index (κ1) is 25.4. The van der Waals surface area contributed by atoms with Crippen LogP contribution in [0.25, 0.3) is 5.57 Å². The fraction of sp³-hybridized carbons (Fsp3) is 0.136. The van der Waals surface area contributed by atoms with Gasteiger partial charge in [-0.1, -0.05) is 29.4 Å². The van der Waals surface area contributed by atoms with Gasteiger partial charge in [0.05, 0.1) is 15.0 Å². The van der Waals surface area contributed by atoms with Crippen LogP contribution in [0.15, 0.2) is 71.4 Å². The maximum Gasteiger partial charge on any atom is 0.471 e. The van der Waals surface area contributed by atoms with Gasteiger partial charge in [0.15, 0.2) is 5.76 Å². The van der Waals surface area contributed by atoms with Gasteiger partial charge in [-0.3, -0.25) is 10.3 Å². The number of hydrogen-bond acceptors (Lipinski definition) is 8. The second-order valence-corrected chi connectivity index (χ2v) is 11.3. The van der Waals surface area contributed by atoms with Crippen molar-refractivity contribution in [2.45, 2.75) is 13.0 Å². The Morgan fingerprint density at radius 1 is 1.17 bits per heavy atom. The van der Waals surface area contributed by atoms with Crippen LogP contribution >= 0.6 is 28.8 Å². The summed E-state index contributed by atoms with van der Waals surface area (Å²) >= 11 is -0.972. The molecule has 184 valence electrons. The molecule has 35 heavy (non-hydrogen) atoms. The summed E-state index contributed by atoms with van der Waals surface area (Å²) < 4.78 is 42.6. The van der Waals surface area contributed by atoms with Gasteiger partial charge < -0.3 is 22.2 Å². The van der Waals surface area contributed by atoms with Crippen LogP contribution in [0, 0.1) is 5.82 Å². The Labute approximate surface area is 210 Å². The normalized spacial score (nSPS) is 14.1. The first-order valence-electron chi connectivity index (χ1n) is 10.2. The van der Waals surface area contributed by atoms with Crippen molar-refractivity contribution in [2.75, 3.05) is 6.73 Å². The highest BCUT2D eigenvalue weighted by molar-refractivity contribution is 14.2. The van der Waals surface area contributed by atoms with E-state index in [4.69, 9.17) is 24.8 Å². The maximum atomic E-state index is 13.8. The van der Waals surface area contributed by atoms with E-state index >= 15 is 0 Å². The Balaban J connectivity index is 1.41. The first-order valence-corrected chi connectivity index (χ1v) is 13.8. The van der Waals surface area contributed by atoms with Gasteiger partial charge in [0.2, 0.25) is 5.88 Å². The zero-order valence-electron chi connectivity index (χ0n) is 18.1. The van der Waals surface area contributed by atoms with Crippen LogP contribution in [0.2, 0.25) is 0 Å². The smallest absolute Gasteiger partial charge is 0.471 e. The Kier molecular flexibility index (Phi) is 8.21. The van der Waals surface area contributed by atoms with Crippen molar-refractivity contribution >= 4 is 38.0 Å². The number of benzene rings is 1. The number of rotatable bonds is 9. The molecule has 4 rings (SSSR count). The van der Waals surface area contributed by atoms with Crippen molar-refractivity contribution in [2.24, 2.45) is 5.73 Å². The fourth-order valence-corrected chi connectivity index (χ4v) is 5.50. The quantitative estimate of drug-likeness (QED) is 0.186. The Hall–Kier alpha value is -2.74. The summed E-state index contributed by atoms with van der Waals surface area (Å²) in [7, 11) is -4.58. The number of halogens is 2. The summed E-state index contributed by atoms with van der Waals surface area (Å²) in [6.45, 7) is -0.216. The van der Waals surface area contributed by atoms with Gasteiger partial charge in [0.25, 0.3) is 0 Å². The number of hydrogen-bond donors (Lipinski definition) is 3. The average molecular weight is 614 g/mol. The van der Waals surface area contributed by atoms with Gasteiger partial charge in [-0.2, -0.15) is 0 Å². The molecule has 0 amide bonds. The van der Waals surface area contributed by atoms with E-state index in [9.17, 15) is 8.96 Å². The molecular formula is C22H21FIN4O6P. The Morgan fingerprint density at radius 2 is 2.00 bits per heavy atom. The minimum atomic E-state index is -4.58. The molecule has 0 unspecified atom stereocenters. The zero-order valence-corrected chi connectivity index (χ0v) is 21.2. The molecular weight excluding hydrogens is 593 g/mol. The highest BCUT2D eigenvalue weighted by Gasteiger charge is 2.18. The average Bonchev–Trinajstić information content (AvgIpc) is 3.18. The third-order valence-electron chi connectivity index (χ3n) is 4.62. The Morgan fingerprint density at radius 3 is 2.80 bits per heavy atom. The topological polar surface area (TPSA) is 144 Å². The predicted molar refractivity (Wildman–Crippen MR) is 134 cm³/mol. The summed E-state index contributed by atoms with van der Waals surface area (Å²) in [5.41, 5.74) is 8.63. The number of nitrogens with two attached hydrogens (primary N) is 1. The van der Waals surface area contributed by atoms with Gasteiger partial charge in [0, 0.05) is 56.9 Å². The van der Waals surface area contributed by atoms with Crippen LogP contribution in [0.3, 0.4) is 0 Å². The largest absolute Gasteiger partial charge is 0.473 e. The van der Waals surface area contributed by atoms with Crippen molar-refractivity contribution in [3.8, 4) is 5.88 Å². The predicted octanol–water partition coefficient (Wildman–Crippen LogP) is 3.63. The summed E-state index contributed by atoms with van der Waals surface area (Å²) in [4.78, 5) is 22.2. The van der Waals surface area contributed by atoms with E-state index < -0.39 is 28.8 Å². The summed E-state index contributed by atoms with van der Waals surface area (Å²) in [6, 6.07) is 13.5. The van der Waals surface area contributed by atoms with E-state index in [-0.39, 0.29) is 19.2 Å². The minimum Gasteiger partial charge on any atom is -0.473 e. The lowest BCUT2D eigenvalue weighted by molar-refractivity contribution is 0.169. The van der Waals surface area contributed by atoms with E-state index in [1.165, 1.54) is 6.07 Å². The summed E-state index contributed by atoms with van der Waals surface area (Å²) in [5, 5.41) is 4.11. The van der Waals surface area contributed by atoms with Crippen molar-refractivity contribution in [3.05, 3.63) is 95.4 Å². The minimum absolute atomic E-state index is 0.0628. The second-order valence-electron chi connectivity index (χ2n) is 7.21. The molecule has 0 saturated carbocycles. The molecule has 0 bridgehead atoms. The SMILES string of the molecule is NC1=IN(COP(=O)(O)O)C=CC=C1c1cc(Cc2cccc(OCc3ccccc3F)n2)no1. The first-order chi connectivity index (χ1) is 16.8. The third kappa shape index (κ3) is 7.37. The van der Waals surface area contributed by atoms with Gasteiger partial charge in [-0.25, -0.2) is 13.9 Å². The summed E-state index contributed by atoms with van der Waals surface area (Å²) in [6.07, 6.45) is 5.46. The van der Waals surface area contributed by atoms with Crippen LogP contribution in [0.4, 0.5) is 4.39 Å². The van der Waals surface area contributed by atoms with Crippen LogP contribution in [0.5, 0.6) is 5.88 Å². The molecule has 1 aliphatic rings. The van der Waals surface area contributed by atoms with Gasteiger partial charge in [-0.05, 0) is 24.3 Å². The summed E-state index contributed by atoms with van der Waals surface area (Å²) in [5.74, 6) is 0.495. The van der Waals surface area contributed by atoms with Gasteiger partial charge in [0.1, 0.15) is 19.2 Å². The Bertz CT molecular complexity index is 1340. The molecule has 3 aromatic rings. The van der Waals surface area contributed by atoms with Crippen LogP contribution in [0.1, 0.15) is 22.7 Å². The molecule has 0 radical (unpaired) electrons. The van der Waals surface area contributed by atoms with Crippen LogP contribution < -0.4 is 10.5 Å². The lowest BCUT2D eigenvalue weighted by Gasteiger charge is -2.14. The molecule has 13 heteroatoms. The number of ether oxygens (including phenoxy) is 1. The number of phosphoric ester groups is 1. The number of phosphoric acid groups is 1. The molecule has 0 fully saturated rings.